The zero-order valence-corrected chi connectivity index (χ0v) is 15.0. The van der Waals surface area contributed by atoms with Crippen LogP contribution in [0.2, 0.25) is 5.02 Å². The molecule has 0 aromatic heterocycles. The van der Waals surface area contributed by atoms with E-state index in [1.807, 2.05) is 42.5 Å². The van der Waals surface area contributed by atoms with Crippen LogP contribution in [0, 0.1) is 5.82 Å². The molecule has 3 aromatic carbocycles. The number of hydrazone groups is 1. The number of carbonyl (C=O) groups is 1. The number of nitrogens with one attached hydrogen (secondary N) is 1. The molecule has 0 spiro atoms. The van der Waals surface area contributed by atoms with Gasteiger partial charge in [0.15, 0.2) is 0 Å². The van der Waals surface area contributed by atoms with Gasteiger partial charge in [0.25, 0.3) is 5.91 Å². The second-order valence-electron chi connectivity index (χ2n) is 5.66. The molecular formula is C21H16ClFN2O2. The lowest BCUT2D eigenvalue weighted by Gasteiger charge is -2.09. The maximum atomic E-state index is 12.9. The zero-order chi connectivity index (χ0) is 19.1. The minimum Gasteiger partial charge on any atom is -0.488 e. The number of amides is 1. The van der Waals surface area contributed by atoms with E-state index >= 15 is 0 Å². The van der Waals surface area contributed by atoms with E-state index in [4.69, 9.17) is 16.3 Å². The molecule has 0 atom stereocenters. The van der Waals surface area contributed by atoms with Crippen molar-refractivity contribution >= 4 is 23.7 Å². The predicted octanol–water partition coefficient (Wildman–Crippen LogP) is 4.82. The number of hydrogen-bond acceptors (Lipinski definition) is 3. The second kappa shape index (κ2) is 8.96. The van der Waals surface area contributed by atoms with Crippen molar-refractivity contribution in [1.82, 2.24) is 5.43 Å². The van der Waals surface area contributed by atoms with Gasteiger partial charge < -0.3 is 4.74 Å². The summed E-state index contributed by atoms with van der Waals surface area (Å²) in [6.07, 6.45) is 1.49. The molecule has 136 valence electrons. The zero-order valence-electron chi connectivity index (χ0n) is 14.2. The van der Waals surface area contributed by atoms with Crippen LogP contribution in [-0.2, 0) is 6.61 Å². The summed E-state index contributed by atoms with van der Waals surface area (Å²) in [5, 5.41) is 4.60. The lowest BCUT2D eigenvalue weighted by atomic mass is 10.2. The number of halogens is 2. The molecular weight excluding hydrogens is 367 g/mol. The monoisotopic (exact) mass is 382 g/mol. The average molecular weight is 383 g/mol. The summed E-state index contributed by atoms with van der Waals surface area (Å²) in [6.45, 7) is 0.355. The third-order valence-corrected chi connectivity index (χ3v) is 3.91. The number of carbonyl (C=O) groups excluding carboxylic acids is 1. The molecule has 1 amide bonds. The van der Waals surface area contributed by atoms with E-state index < -0.39 is 11.7 Å². The van der Waals surface area contributed by atoms with Crippen molar-refractivity contribution in [2.75, 3.05) is 0 Å². The van der Waals surface area contributed by atoms with Gasteiger partial charge in [0, 0.05) is 16.1 Å². The number of nitrogens with zero attached hydrogens (tertiary/aromatic N) is 1. The molecule has 27 heavy (non-hydrogen) atoms. The molecule has 0 unspecified atom stereocenters. The summed E-state index contributed by atoms with van der Waals surface area (Å²) in [5.41, 5.74) is 4.38. The van der Waals surface area contributed by atoms with Gasteiger partial charge in [-0.1, -0.05) is 35.9 Å². The Morgan fingerprint density at radius 2 is 1.85 bits per heavy atom. The summed E-state index contributed by atoms with van der Waals surface area (Å²) in [6, 6.07) is 20.0. The number of para-hydroxylation sites is 1. The van der Waals surface area contributed by atoms with Crippen LogP contribution < -0.4 is 10.2 Å². The minimum atomic E-state index is -0.427. The lowest BCUT2D eigenvalue weighted by molar-refractivity contribution is 0.0955. The van der Waals surface area contributed by atoms with Crippen LogP contribution in [0.15, 0.2) is 77.9 Å². The van der Waals surface area contributed by atoms with Crippen molar-refractivity contribution < 1.29 is 13.9 Å². The van der Waals surface area contributed by atoms with Crippen LogP contribution in [0.25, 0.3) is 0 Å². The molecule has 0 saturated carbocycles. The van der Waals surface area contributed by atoms with Crippen LogP contribution in [0.1, 0.15) is 21.5 Å². The Bertz CT molecular complexity index is 958. The van der Waals surface area contributed by atoms with Crippen molar-refractivity contribution in [2.24, 2.45) is 5.10 Å². The van der Waals surface area contributed by atoms with E-state index in [0.717, 1.165) is 5.56 Å². The highest BCUT2D eigenvalue weighted by Gasteiger charge is 2.05. The summed E-state index contributed by atoms with van der Waals surface area (Å²) in [4.78, 5) is 12.0. The van der Waals surface area contributed by atoms with E-state index in [0.29, 0.717) is 28.5 Å². The normalized spacial score (nSPS) is 10.7. The maximum Gasteiger partial charge on any atom is 0.271 e. The highest BCUT2D eigenvalue weighted by molar-refractivity contribution is 6.30. The Hall–Kier alpha value is -3.18. The van der Waals surface area contributed by atoms with Gasteiger partial charge in [0.2, 0.25) is 0 Å². The van der Waals surface area contributed by atoms with Gasteiger partial charge in [-0.05, 0) is 54.1 Å². The molecule has 0 aliphatic heterocycles. The van der Waals surface area contributed by atoms with Gasteiger partial charge in [0.05, 0.1) is 6.21 Å². The van der Waals surface area contributed by atoms with Crippen molar-refractivity contribution in [3.05, 3.63) is 100 Å². The molecule has 0 aliphatic carbocycles. The first-order chi connectivity index (χ1) is 13.1. The van der Waals surface area contributed by atoms with Crippen molar-refractivity contribution in [2.45, 2.75) is 6.61 Å². The Balaban J connectivity index is 1.64. The number of ether oxygens (including phenoxy) is 1. The number of rotatable bonds is 6. The standard InChI is InChI=1S/C21H16ClFN2O2/c22-18-6-3-4-15(12-18)14-27-20-7-2-1-5-17(20)13-24-25-21(26)16-8-10-19(23)11-9-16/h1-13H,14H2,(H,25,26)/b24-13-. The maximum absolute atomic E-state index is 12.9. The SMILES string of the molecule is O=C(N/N=C\c1ccccc1OCc1cccc(Cl)c1)c1ccc(F)cc1. The first-order valence-corrected chi connectivity index (χ1v) is 8.55. The summed E-state index contributed by atoms with van der Waals surface area (Å²) in [7, 11) is 0. The number of benzene rings is 3. The largest absolute Gasteiger partial charge is 0.488 e. The van der Waals surface area contributed by atoms with E-state index in [1.165, 1.54) is 30.5 Å². The molecule has 6 heteroatoms. The van der Waals surface area contributed by atoms with E-state index in [2.05, 4.69) is 10.5 Å². The molecule has 0 aliphatic rings. The Morgan fingerprint density at radius 1 is 1.07 bits per heavy atom. The molecule has 3 rings (SSSR count). The third kappa shape index (κ3) is 5.39. The van der Waals surface area contributed by atoms with Gasteiger partial charge in [-0.25, -0.2) is 9.82 Å². The molecule has 0 heterocycles. The van der Waals surface area contributed by atoms with Crippen LogP contribution in [0.4, 0.5) is 4.39 Å². The molecule has 3 aromatic rings. The molecule has 0 saturated heterocycles. The molecule has 0 radical (unpaired) electrons. The summed E-state index contributed by atoms with van der Waals surface area (Å²) in [5.74, 6) is -0.207. The van der Waals surface area contributed by atoms with Crippen molar-refractivity contribution in [3.63, 3.8) is 0 Å². The Kier molecular flexibility index (Phi) is 6.18. The quantitative estimate of drug-likeness (QED) is 0.490. The minimum absolute atomic E-state index is 0.319. The predicted molar refractivity (Wildman–Crippen MR) is 104 cm³/mol. The van der Waals surface area contributed by atoms with Crippen molar-refractivity contribution in [3.8, 4) is 5.75 Å². The molecule has 1 N–H and O–H groups in total. The van der Waals surface area contributed by atoms with Crippen LogP contribution >= 0.6 is 11.6 Å². The lowest BCUT2D eigenvalue weighted by Crippen LogP contribution is -2.17. The van der Waals surface area contributed by atoms with Gasteiger partial charge in [0.1, 0.15) is 18.2 Å². The third-order valence-electron chi connectivity index (χ3n) is 3.68. The van der Waals surface area contributed by atoms with Gasteiger partial charge in [-0.15, -0.1) is 0 Å². The van der Waals surface area contributed by atoms with Crippen LogP contribution in [0.5, 0.6) is 5.75 Å². The Morgan fingerprint density at radius 3 is 2.63 bits per heavy atom. The first kappa shape index (κ1) is 18.6. The van der Waals surface area contributed by atoms with Crippen LogP contribution in [0.3, 0.4) is 0 Å². The smallest absolute Gasteiger partial charge is 0.271 e. The molecule has 0 bridgehead atoms. The van der Waals surface area contributed by atoms with E-state index in [1.54, 1.807) is 6.07 Å². The van der Waals surface area contributed by atoms with Crippen molar-refractivity contribution in [1.29, 1.82) is 0 Å². The first-order valence-electron chi connectivity index (χ1n) is 8.17. The highest BCUT2D eigenvalue weighted by atomic mass is 35.5. The topological polar surface area (TPSA) is 50.7 Å². The van der Waals surface area contributed by atoms with E-state index in [9.17, 15) is 9.18 Å². The highest BCUT2D eigenvalue weighted by Crippen LogP contribution is 2.19. The Labute approximate surface area is 161 Å². The summed E-state index contributed by atoms with van der Waals surface area (Å²) >= 11 is 5.98. The van der Waals surface area contributed by atoms with E-state index in [-0.39, 0.29) is 0 Å². The summed E-state index contributed by atoms with van der Waals surface area (Å²) < 4.78 is 18.7. The fraction of sp³-hybridized carbons (Fsp3) is 0.0476. The fourth-order valence-corrected chi connectivity index (χ4v) is 2.55. The average Bonchev–Trinajstić information content (AvgIpc) is 2.68. The molecule has 0 fully saturated rings. The van der Waals surface area contributed by atoms with Gasteiger partial charge >= 0.3 is 0 Å². The van der Waals surface area contributed by atoms with Gasteiger partial charge in [-0.2, -0.15) is 5.10 Å². The fourth-order valence-electron chi connectivity index (χ4n) is 2.33. The van der Waals surface area contributed by atoms with Gasteiger partial charge in [-0.3, -0.25) is 4.79 Å². The second-order valence-corrected chi connectivity index (χ2v) is 6.10. The van der Waals surface area contributed by atoms with Crippen LogP contribution in [-0.4, -0.2) is 12.1 Å². The number of hydrogen-bond donors (Lipinski definition) is 1. The molecule has 4 nitrogen and oxygen atoms in total.